The van der Waals surface area contributed by atoms with Crippen molar-refractivity contribution < 1.29 is 23.7 Å². The van der Waals surface area contributed by atoms with Gasteiger partial charge in [0.1, 0.15) is 12.4 Å². The van der Waals surface area contributed by atoms with Gasteiger partial charge in [0.2, 0.25) is 5.88 Å². The van der Waals surface area contributed by atoms with Crippen LogP contribution in [0.15, 0.2) is 54.6 Å². The van der Waals surface area contributed by atoms with E-state index in [9.17, 15) is 4.79 Å². The number of nitrogens with zero attached hydrogens (tertiary/aromatic N) is 1. The zero-order chi connectivity index (χ0) is 28.2. The van der Waals surface area contributed by atoms with Crippen molar-refractivity contribution in [1.29, 1.82) is 0 Å². The monoisotopic (exact) mass is 545 g/mol. The van der Waals surface area contributed by atoms with Gasteiger partial charge in [0.05, 0.1) is 31.1 Å². The van der Waals surface area contributed by atoms with E-state index in [2.05, 4.69) is 38.1 Å². The second kappa shape index (κ2) is 15.4. The van der Waals surface area contributed by atoms with Gasteiger partial charge >= 0.3 is 5.97 Å². The van der Waals surface area contributed by atoms with E-state index in [4.69, 9.17) is 23.9 Å². The molecular weight excluding hydrogens is 502 g/mol. The van der Waals surface area contributed by atoms with Crippen molar-refractivity contribution in [3.63, 3.8) is 0 Å². The Morgan fingerprint density at radius 3 is 2.33 bits per heavy atom. The lowest BCUT2D eigenvalue weighted by molar-refractivity contribution is -0.0120. The van der Waals surface area contributed by atoms with E-state index >= 15 is 0 Å². The number of rotatable bonds is 14. The number of carbonyl (C=O) groups excluding carboxylic acids is 1. The van der Waals surface area contributed by atoms with Gasteiger partial charge in [-0.1, -0.05) is 63.1 Å². The number of hydrogen-bond donors (Lipinski definition) is 0. The molecule has 214 valence electrons. The quantitative estimate of drug-likeness (QED) is 0.155. The van der Waals surface area contributed by atoms with Crippen LogP contribution < -0.4 is 9.47 Å². The lowest BCUT2D eigenvalue weighted by Gasteiger charge is -2.23. The number of ether oxygens (including phenoxy) is 4. The predicted molar refractivity (Wildman–Crippen MR) is 158 cm³/mol. The van der Waals surface area contributed by atoms with Crippen LogP contribution in [0.4, 0.5) is 0 Å². The summed E-state index contributed by atoms with van der Waals surface area (Å²) in [6.45, 7) is 6.23. The fourth-order valence-electron chi connectivity index (χ4n) is 4.98. The van der Waals surface area contributed by atoms with E-state index in [1.165, 1.54) is 18.2 Å². The Morgan fingerprint density at radius 2 is 1.68 bits per heavy atom. The molecule has 0 bridgehead atoms. The summed E-state index contributed by atoms with van der Waals surface area (Å²) < 4.78 is 23.3. The van der Waals surface area contributed by atoms with Crippen LogP contribution in [0.1, 0.15) is 79.6 Å². The number of aryl methyl sites for hydroxylation is 3. The molecular formula is C34H43NO5. The summed E-state index contributed by atoms with van der Waals surface area (Å²) in [7, 11) is 1.39. The first kappa shape index (κ1) is 29.6. The first-order chi connectivity index (χ1) is 19.6. The minimum absolute atomic E-state index is 0.0932. The molecule has 2 aromatic carbocycles. The van der Waals surface area contributed by atoms with Crippen LogP contribution in [0.2, 0.25) is 0 Å². The molecule has 0 spiro atoms. The van der Waals surface area contributed by atoms with Crippen LogP contribution in [0.25, 0.3) is 11.1 Å². The fraction of sp³-hybridized carbons (Fsp3) is 0.471. The standard InChI is InChI=1S/C34H43NO5/c1-4-6-21-39-31-23-32(40-24-29-10-7-8-22-38-29)35-30(20-15-26-13-11-25(9-5-2)12-14-26)33(31)27-16-18-28(19-17-27)34(36)37-3/h11-14,16-19,23,29H,4-10,15,20-22,24H2,1-3H3. The van der Waals surface area contributed by atoms with Gasteiger partial charge in [0.15, 0.2) is 0 Å². The molecule has 3 aromatic rings. The van der Waals surface area contributed by atoms with Gasteiger partial charge in [0, 0.05) is 18.2 Å². The first-order valence-corrected chi connectivity index (χ1v) is 14.8. The van der Waals surface area contributed by atoms with E-state index in [0.29, 0.717) is 24.7 Å². The highest BCUT2D eigenvalue weighted by atomic mass is 16.5. The molecule has 1 unspecified atom stereocenters. The van der Waals surface area contributed by atoms with Crippen LogP contribution in [0.5, 0.6) is 11.6 Å². The second-order valence-corrected chi connectivity index (χ2v) is 10.4. The highest BCUT2D eigenvalue weighted by Crippen LogP contribution is 2.37. The highest BCUT2D eigenvalue weighted by Gasteiger charge is 2.20. The van der Waals surface area contributed by atoms with Gasteiger partial charge in [-0.05, 0) is 73.8 Å². The number of carbonyl (C=O) groups is 1. The third-order valence-electron chi connectivity index (χ3n) is 7.29. The van der Waals surface area contributed by atoms with Crippen LogP contribution in [0, 0.1) is 0 Å². The van der Waals surface area contributed by atoms with Gasteiger partial charge in [-0.3, -0.25) is 0 Å². The summed E-state index contributed by atoms with van der Waals surface area (Å²) >= 11 is 0. The molecule has 1 atom stereocenters. The Bertz CT molecular complexity index is 1200. The summed E-state index contributed by atoms with van der Waals surface area (Å²) in [5.74, 6) is 0.954. The molecule has 2 heterocycles. The van der Waals surface area contributed by atoms with Crippen LogP contribution in [-0.4, -0.2) is 44.0 Å². The SMILES string of the molecule is CCCCOc1cc(OCC2CCCCO2)nc(CCc2ccc(CCC)cc2)c1-c1ccc(C(=O)OC)cc1. The smallest absolute Gasteiger partial charge is 0.337 e. The largest absolute Gasteiger partial charge is 0.493 e. The number of aromatic nitrogens is 1. The number of unbranched alkanes of at least 4 members (excludes halogenated alkanes) is 1. The maximum Gasteiger partial charge on any atom is 0.337 e. The molecule has 0 aliphatic carbocycles. The fourth-order valence-corrected chi connectivity index (χ4v) is 4.98. The molecule has 0 amide bonds. The van der Waals surface area contributed by atoms with E-state index in [0.717, 1.165) is 87.0 Å². The summed E-state index contributed by atoms with van der Waals surface area (Å²) in [6, 6.07) is 18.2. The Balaban J connectivity index is 1.67. The van der Waals surface area contributed by atoms with Gasteiger partial charge in [-0.2, -0.15) is 0 Å². The molecule has 1 aromatic heterocycles. The molecule has 1 aliphatic rings. The Labute approximate surface area is 239 Å². The number of hydrogen-bond acceptors (Lipinski definition) is 6. The molecule has 4 rings (SSSR count). The lowest BCUT2D eigenvalue weighted by atomic mass is 9.97. The molecule has 0 saturated carbocycles. The predicted octanol–water partition coefficient (Wildman–Crippen LogP) is 7.40. The molecule has 1 fully saturated rings. The maximum atomic E-state index is 12.1. The highest BCUT2D eigenvalue weighted by molar-refractivity contribution is 5.90. The van der Waals surface area contributed by atoms with E-state index in [-0.39, 0.29) is 12.1 Å². The van der Waals surface area contributed by atoms with Crippen molar-refractivity contribution in [3.8, 4) is 22.8 Å². The van der Waals surface area contributed by atoms with Crippen molar-refractivity contribution in [1.82, 2.24) is 4.98 Å². The molecule has 1 saturated heterocycles. The van der Waals surface area contributed by atoms with Crippen molar-refractivity contribution in [2.45, 2.75) is 77.7 Å². The second-order valence-electron chi connectivity index (χ2n) is 10.4. The lowest BCUT2D eigenvalue weighted by Crippen LogP contribution is -2.26. The van der Waals surface area contributed by atoms with Gasteiger partial charge in [-0.15, -0.1) is 0 Å². The normalized spacial score (nSPS) is 15.0. The number of benzene rings is 2. The zero-order valence-electron chi connectivity index (χ0n) is 24.2. The average Bonchev–Trinajstić information content (AvgIpc) is 3.00. The van der Waals surface area contributed by atoms with E-state index in [1.54, 1.807) is 12.1 Å². The Hall–Kier alpha value is -3.38. The summed E-state index contributed by atoms with van der Waals surface area (Å²) in [5.41, 5.74) is 5.94. The topological polar surface area (TPSA) is 66.9 Å². The van der Waals surface area contributed by atoms with Crippen LogP contribution in [-0.2, 0) is 28.7 Å². The van der Waals surface area contributed by atoms with Crippen molar-refractivity contribution >= 4 is 5.97 Å². The van der Waals surface area contributed by atoms with Crippen molar-refractivity contribution in [2.24, 2.45) is 0 Å². The molecule has 0 N–H and O–H groups in total. The maximum absolute atomic E-state index is 12.1. The van der Waals surface area contributed by atoms with Crippen molar-refractivity contribution in [2.75, 3.05) is 26.9 Å². The molecule has 40 heavy (non-hydrogen) atoms. The molecule has 0 radical (unpaired) electrons. The van der Waals surface area contributed by atoms with Gasteiger partial charge in [0.25, 0.3) is 0 Å². The summed E-state index contributed by atoms with van der Waals surface area (Å²) in [5, 5.41) is 0. The minimum Gasteiger partial charge on any atom is -0.493 e. The minimum atomic E-state index is -0.357. The van der Waals surface area contributed by atoms with Crippen LogP contribution in [0.3, 0.4) is 0 Å². The van der Waals surface area contributed by atoms with Gasteiger partial charge < -0.3 is 18.9 Å². The Kier molecular flexibility index (Phi) is 11.4. The third-order valence-corrected chi connectivity index (χ3v) is 7.29. The third kappa shape index (κ3) is 8.31. The van der Waals surface area contributed by atoms with E-state index in [1.807, 2.05) is 18.2 Å². The summed E-state index contributed by atoms with van der Waals surface area (Å²) in [4.78, 5) is 17.1. The first-order valence-electron chi connectivity index (χ1n) is 14.8. The zero-order valence-corrected chi connectivity index (χ0v) is 24.2. The molecule has 1 aliphatic heterocycles. The Morgan fingerprint density at radius 1 is 0.925 bits per heavy atom. The molecule has 6 nitrogen and oxygen atoms in total. The average molecular weight is 546 g/mol. The summed E-state index contributed by atoms with van der Waals surface area (Å²) in [6.07, 6.45) is 9.16. The van der Waals surface area contributed by atoms with E-state index < -0.39 is 0 Å². The van der Waals surface area contributed by atoms with Crippen LogP contribution >= 0.6 is 0 Å². The number of methoxy groups -OCH3 is 1. The number of pyridine rings is 1. The molecule has 6 heteroatoms. The van der Waals surface area contributed by atoms with Crippen molar-refractivity contribution in [3.05, 3.63) is 77.0 Å². The number of esters is 1. The van der Waals surface area contributed by atoms with Gasteiger partial charge in [-0.25, -0.2) is 9.78 Å².